The Morgan fingerprint density at radius 3 is 2.86 bits per heavy atom. The maximum Gasteiger partial charge on any atom is 0.265 e. The Bertz CT molecular complexity index is 698. The van der Waals surface area contributed by atoms with Crippen molar-refractivity contribution in [2.45, 2.75) is 13.5 Å². The van der Waals surface area contributed by atoms with Gasteiger partial charge in [0.15, 0.2) is 0 Å². The van der Waals surface area contributed by atoms with E-state index in [1.165, 1.54) is 11.3 Å². The first-order chi connectivity index (χ1) is 10.1. The molecule has 1 aromatic heterocycles. The number of aromatic nitrogens is 1. The molecular weight excluding hydrogens is 284 g/mol. The summed E-state index contributed by atoms with van der Waals surface area (Å²) >= 11 is 1.39. The molecule has 108 valence electrons. The predicted molar refractivity (Wildman–Crippen MR) is 83.1 cm³/mol. The summed E-state index contributed by atoms with van der Waals surface area (Å²) in [5, 5.41) is 9.67. The Morgan fingerprint density at radius 2 is 2.19 bits per heavy atom. The molecule has 0 aliphatic carbocycles. The van der Waals surface area contributed by atoms with Gasteiger partial charge in [0.05, 0.1) is 11.2 Å². The van der Waals surface area contributed by atoms with Gasteiger partial charge in [-0.3, -0.25) is 4.79 Å². The van der Waals surface area contributed by atoms with Crippen LogP contribution in [0.15, 0.2) is 30.5 Å². The van der Waals surface area contributed by atoms with Crippen molar-refractivity contribution < 1.29 is 9.90 Å². The fraction of sp³-hybridized carbons (Fsp3) is 0.250. The highest BCUT2D eigenvalue weighted by atomic mass is 32.1. The molecule has 5 heteroatoms. The zero-order chi connectivity index (χ0) is 15.2. The van der Waals surface area contributed by atoms with Crippen LogP contribution in [0.25, 0.3) is 0 Å². The Balaban J connectivity index is 2.16. The van der Waals surface area contributed by atoms with Gasteiger partial charge in [-0.2, -0.15) is 0 Å². The second-order valence-corrected chi connectivity index (χ2v) is 5.76. The van der Waals surface area contributed by atoms with Gasteiger partial charge in [-0.1, -0.05) is 30.0 Å². The molecule has 0 spiro atoms. The third-order valence-electron chi connectivity index (χ3n) is 2.91. The van der Waals surface area contributed by atoms with E-state index in [2.05, 4.69) is 16.8 Å². The van der Waals surface area contributed by atoms with Crippen LogP contribution in [-0.4, -0.2) is 34.6 Å². The second-order valence-electron chi connectivity index (χ2n) is 4.52. The van der Waals surface area contributed by atoms with Crippen LogP contribution < -0.4 is 0 Å². The lowest BCUT2D eigenvalue weighted by atomic mass is 10.1. The maximum atomic E-state index is 12.3. The Morgan fingerprint density at radius 1 is 1.43 bits per heavy atom. The summed E-state index contributed by atoms with van der Waals surface area (Å²) in [7, 11) is 1.76. The highest BCUT2D eigenvalue weighted by Gasteiger charge is 2.15. The summed E-state index contributed by atoms with van der Waals surface area (Å²) in [4.78, 5) is 18.7. The van der Waals surface area contributed by atoms with Crippen LogP contribution in [0.5, 0.6) is 0 Å². The highest BCUT2D eigenvalue weighted by Crippen LogP contribution is 2.16. The van der Waals surface area contributed by atoms with Crippen molar-refractivity contribution in [2.24, 2.45) is 0 Å². The van der Waals surface area contributed by atoms with E-state index in [0.29, 0.717) is 11.4 Å². The quantitative estimate of drug-likeness (QED) is 0.883. The molecule has 0 fully saturated rings. The topological polar surface area (TPSA) is 53.4 Å². The molecule has 0 saturated carbocycles. The van der Waals surface area contributed by atoms with E-state index in [-0.39, 0.29) is 12.5 Å². The summed E-state index contributed by atoms with van der Waals surface area (Å²) in [6.45, 7) is 2.16. The Kier molecular flexibility index (Phi) is 5.09. The van der Waals surface area contributed by atoms with Crippen LogP contribution in [0, 0.1) is 18.8 Å². The third kappa shape index (κ3) is 3.91. The van der Waals surface area contributed by atoms with Gasteiger partial charge in [0.1, 0.15) is 11.5 Å². The average molecular weight is 300 g/mol. The minimum Gasteiger partial charge on any atom is -0.384 e. The normalized spacial score (nSPS) is 9.86. The molecule has 0 radical (unpaired) electrons. The minimum atomic E-state index is -0.177. The van der Waals surface area contributed by atoms with Gasteiger partial charge < -0.3 is 10.0 Å². The lowest BCUT2D eigenvalue weighted by Crippen LogP contribution is -2.25. The van der Waals surface area contributed by atoms with Crippen LogP contribution in [0.2, 0.25) is 0 Å². The number of amides is 1. The molecule has 1 heterocycles. The van der Waals surface area contributed by atoms with Crippen molar-refractivity contribution in [1.82, 2.24) is 9.88 Å². The summed E-state index contributed by atoms with van der Waals surface area (Å²) in [5.41, 5.74) is 1.78. The summed E-state index contributed by atoms with van der Waals surface area (Å²) in [6, 6.07) is 7.62. The molecule has 0 aliphatic heterocycles. The number of carbonyl (C=O) groups excluding carboxylic acids is 1. The molecule has 1 amide bonds. The van der Waals surface area contributed by atoms with Crippen LogP contribution in [0.3, 0.4) is 0 Å². The molecule has 0 unspecified atom stereocenters. The molecule has 21 heavy (non-hydrogen) atoms. The number of benzene rings is 1. The monoisotopic (exact) mass is 300 g/mol. The number of carbonyl (C=O) groups is 1. The van der Waals surface area contributed by atoms with Crippen molar-refractivity contribution in [3.63, 3.8) is 0 Å². The molecule has 2 rings (SSSR count). The van der Waals surface area contributed by atoms with Crippen LogP contribution >= 0.6 is 11.3 Å². The van der Waals surface area contributed by atoms with Crippen LogP contribution in [0.1, 0.15) is 25.8 Å². The first-order valence-electron chi connectivity index (χ1n) is 6.47. The molecule has 2 aromatic rings. The van der Waals surface area contributed by atoms with Crippen LogP contribution in [-0.2, 0) is 6.54 Å². The zero-order valence-corrected chi connectivity index (χ0v) is 12.8. The number of aliphatic hydroxyl groups is 1. The number of aryl methyl sites for hydroxylation is 1. The molecule has 0 saturated heterocycles. The van der Waals surface area contributed by atoms with E-state index in [4.69, 9.17) is 5.11 Å². The SMILES string of the molecule is Cc1ncc(C(=O)N(C)Cc2ccccc2C#CCO)s1. The Hall–Kier alpha value is -2.16. The van der Waals surface area contributed by atoms with E-state index in [1.54, 1.807) is 18.1 Å². The first kappa shape index (κ1) is 15.2. The van der Waals surface area contributed by atoms with Crippen molar-refractivity contribution in [2.75, 3.05) is 13.7 Å². The summed E-state index contributed by atoms with van der Waals surface area (Å²) in [6.07, 6.45) is 1.61. The second kappa shape index (κ2) is 7.02. The molecule has 0 bridgehead atoms. The van der Waals surface area contributed by atoms with Crippen molar-refractivity contribution in [3.8, 4) is 11.8 Å². The average Bonchev–Trinajstić information content (AvgIpc) is 2.92. The Labute approximate surface area is 128 Å². The van der Waals surface area contributed by atoms with E-state index in [9.17, 15) is 4.79 Å². The molecule has 1 aromatic carbocycles. The van der Waals surface area contributed by atoms with E-state index < -0.39 is 0 Å². The van der Waals surface area contributed by atoms with Gasteiger partial charge in [0, 0.05) is 19.2 Å². The number of nitrogens with zero attached hydrogens (tertiary/aromatic N) is 2. The molecular formula is C16H16N2O2S. The van der Waals surface area contributed by atoms with Gasteiger partial charge in [-0.05, 0) is 18.6 Å². The largest absolute Gasteiger partial charge is 0.384 e. The molecule has 0 aliphatic rings. The number of hydrogen-bond donors (Lipinski definition) is 1. The number of aliphatic hydroxyl groups excluding tert-OH is 1. The van der Waals surface area contributed by atoms with Crippen molar-refractivity contribution in [3.05, 3.63) is 51.5 Å². The minimum absolute atomic E-state index is 0.0504. The third-order valence-corrected chi connectivity index (χ3v) is 3.81. The molecule has 0 atom stereocenters. The molecule has 4 nitrogen and oxygen atoms in total. The smallest absolute Gasteiger partial charge is 0.265 e. The fourth-order valence-electron chi connectivity index (χ4n) is 1.89. The predicted octanol–water partition coefficient (Wildman–Crippen LogP) is 2.07. The van der Waals surface area contributed by atoms with Crippen molar-refractivity contribution in [1.29, 1.82) is 0 Å². The van der Waals surface area contributed by atoms with Crippen LogP contribution in [0.4, 0.5) is 0 Å². The van der Waals surface area contributed by atoms with Crippen molar-refractivity contribution >= 4 is 17.2 Å². The summed E-state index contributed by atoms with van der Waals surface area (Å²) in [5.74, 6) is 5.49. The molecule has 1 N–H and O–H groups in total. The maximum absolute atomic E-state index is 12.3. The zero-order valence-electron chi connectivity index (χ0n) is 12.0. The lowest BCUT2D eigenvalue weighted by molar-refractivity contribution is 0.0789. The number of hydrogen-bond acceptors (Lipinski definition) is 4. The number of thiazole rings is 1. The van der Waals surface area contributed by atoms with Gasteiger partial charge in [-0.15, -0.1) is 11.3 Å². The first-order valence-corrected chi connectivity index (χ1v) is 7.29. The standard InChI is InChI=1S/C16H16N2O2S/c1-12-17-10-15(21-12)16(20)18(2)11-14-7-4-3-6-13(14)8-5-9-19/h3-4,6-7,10,19H,9,11H2,1-2H3. The van der Waals surface area contributed by atoms with Gasteiger partial charge >= 0.3 is 0 Å². The van der Waals surface area contributed by atoms with E-state index >= 15 is 0 Å². The fourth-order valence-corrected chi connectivity index (χ4v) is 2.66. The summed E-state index contributed by atoms with van der Waals surface area (Å²) < 4.78 is 0. The van der Waals surface area contributed by atoms with Gasteiger partial charge in [0.2, 0.25) is 0 Å². The number of rotatable bonds is 3. The van der Waals surface area contributed by atoms with Gasteiger partial charge in [0.25, 0.3) is 5.91 Å². The van der Waals surface area contributed by atoms with E-state index in [1.807, 2.05) is 31.2 Å². The van der Waals surface area contributed by atoms with Gasteiger partial charge in [-0.25, -0.2) is 4.98 Å². The highest BCUT2D eigenvalue weighted by molar-refractivity contribution is 7.13. The van der Waals surface area contributed by atoms with E-state index in [0.717, 1.165) is 16.1 Å². The lowest BCUT2D eigenvalue weighted by Gasteiger charge is -2.17.